The molecule has 0 aromatic carbocycles. The second kappa shape index (κ2) is 3.00. The summed E-state index contributed by atoms with van der Waals surface area (Å²) in [6, 6.07) is 0. The fraction of sp³-hybridized carbons (Fsp3) is 1.00. The van der Waals surface area contributed by atoms with Gasteiger partial charge in [-0.3, -0.25) is 0 Å². The van der Waals surface area contributed by atoms with E-state index in [4.69, 9.17) is 0 Å². The topological polar surface area (TPSA) is 0 Å². The van der Waals surface area contributed by atoms with Crippen molar-refractivity contribution in [3.63, 3.8) is 0 Å². The number of rotatable bonds is 0. The largest absolute Gasteiger partial charge is 0.0533 e. The van der Waals surface area contributed by atoms with Crippen LogP contribution in [-0.4, -0.2) is 0 Å². The van der Waals surface area contributed by atoms with Crippen LogP contribution < -0.4 is 0 Å². The first-order valence-electron chi connectivity index (χ1n) is 6.39. The fourth-order valence-corrected chi connectivity index (χ4v) is 4.59. The van der Waals surface area contributed by atoms with E-state index in [1.54, 1.807) is 57.8 Å². The van der Waals surface area contributed by atoms with Gasteiger partial charge in [0.1, 0.15) is 0 Å². The molecule has 4 aliphatic carbocycles. The number of hydrogen-bond acceptors (Lipinski definition) is 0. The maximum absolute atomic E-state index is 1.62. The summed E-state index contributed by atoms with van der Waals surface area (Å²) in [6.45, 7) is 0. The van der Waals surface area contributed by atoms with Gasteiger partial charge in [-0.2, -0.15) is 0 Å². The summed E-state index contributed by atoms with van der Waals surface area (Å²) in [7, 11) is 0. The molecule has 0 aromatic rings. The molecule has 0 heterocycles. The van der Waals surface area contributed by atoms with Crippen LogP contribution in [0.2, 0.25) is 0 Å². The van der Waals surface area contributed by atoms with Crippen molar-refractivity contribution in [3.05, 3.63) is 0 Å². The van der Waals surface area contributed by atoms with Crippen molar-refractivity contribution in [1.29, 1.82) is 0 Å². The predicted molar refractivity (Wildman–Crippen MR) is 55.6 cm³/mol. The highest BCUT2D eigenvalue weighted by atomic mass is 14.5. The molecular weight excluding hydrogens is 156 g/mol. The molecule has 4 saturated carbocycles. The zero-order valence-corrected chi connectivity index (χ0v) is 8.73. The average Bonchev–Trinajstić information content (AvgIpc) is 2.20. The zero-order valence-electron chi connectivity index (χ0n) is 8.73. The predicted octanol–water partition coefficient (Wildman–Crippen LogP) is 4.15. The summed E-state index contributed by atoms with van der Waals surface area (Å²) in [4.78, 5) is 0. The minimum absolute atomic E-state index is 0.874. The highest BCUT2D eigenvalue weighted by Crippen LogP contribution is 2.58. The molecule has 0 heteroatoms. The highest BCUT2D eigenvalue weighted by molar-refractivity contribution is 4.97. The monoisotopic (exact) mass is 178 g/mol. The third-order valence-electron chi connectivity index (χ3n) is 5.26. The van der Waals surface area contributed by atoms with E-state index >= 15 is 0 Å². The molecule has 1 spiro atoms. The number of fused-ring (bicyclic) bond motifs is 2. The maximum Gasteiger partial charge on any atom is -0.0267 e. The SMILES string of the molecule is C1CCC2(CC1)CC1CCC2CC1. The Hall–Kier alpha value is 0. The van der Waals surface area contributed by atoms with Crippen LogP contribution in [0.5, 0.6) is 0 Å². The van der Waals surface area contributed by atoms with Crippen molar-refractivity contribution in [1.82, 2.24) is 0 Å². The van der Waals surface area contributed by atoms with E-state index in [1.807, 2.05) is 0 Å². The van der Waals surface area contributed by atoms with Gasteiger partial charge in [0.15, 0.2) is 0 Å². The molecule has 0 saturated heterocycles. The van der Waals surface area contributed by atoms with Gasteiger partial charge in [-0.25, -0.2) is 0 Å². The van der Waals surface area contributed by atoms with Crippen LogP contribution >= 0.6 is 0 Å². The second-order valence-electron chi connectivity index (χ2n) is 5.84. The Balaban J connectivity index is 1.81. The van der Waals surface area contributed by atoms with Gasteiger partial charge in [0, 0.05) is 0 Å². The summed E-state index contributed by atoms with van der Waals surface area (Å²) in [5.41, 5.74) is 0.874. The highest BCUT2D eigenvalue weighted by Gasteiger charge is 2.46. The Labute approximate surface area is 82.1 Å². The van der Waals surface area contributed by atoms with Crippen LogP contribution in [0.3, 0.4) is 0 Å². The summed E-state index contributed by atoms with van der Waals surface area (Å²) in [5, 5.41) is 0. The normalized spacial score (nSPS) is 42.5. The van der Waals surface area contributed by atoms with Crippen molar-refractivity contribution in [2.75, 3.05) is 0 Å². The van der Waals surface area contributed by atoms with E-state index in [0.717, 1.165) is 17.3 Å². The third kappa shape index (κ3) is 1.25. The van der Waals surface area contributed by atoms with Crippen LogP contribution in [0.1, 0.15) is 64.2 Å². The molecule has 0 unspecified atom stereocenters. The van der Waals surface area contributed by atoms with Crippen LogP contribution in [0, 0.1) is 17.3 Å². The first kappa shape index (κ1) is 8.32. The lowest BCUT2D eigenvalue weighted by molar-refractivity contribution is -0.0273. The van der Waals surface area contributed by atoms with Gasteiger partial charge in [-0.1, -0.05) is 32.1 Å². The first-order valence-corrected chi connectivity index (χ1v) is 6.39. The molecule has 0 nitrogen and oxygen atoms in total. The molecule has 0 aliphatic heterocycles. The Morgan fingerprint density at radius 3 is 2.00 bits per heavy atom. The maximum atomic E-state index is 1.62. The molecule has 4 fully saturated rings. The molecule has 4 aliphatic rings. The van der Waals surface area contributed by atoms with Crippen molar-refractivity contribution in [2.45, 2.75) is 64.2 Å². The van der Waals surface area contributed by atoms with Crippen molar-refractivity contribution in [3.8, 4) is 0 Å². The number of hydrogen-bond donors (Lipinski definition) is 0. The molecule has 2 bridgehead atoms. The van der Waals surface area contributed by atoms with E-state index in [1.165, 1.54) is 6.42 Å². The molecule has 0 amide bonds. The molecule has 13 heavy (non-hydrogen) atoms. The van der Waals surface area contributed by atoms with Gasteiger partial charge < -0.3 is 0 Å². The fourth-order valence-electron chi connectivity index (χ4n) is 4.59. The van der Waals surface area contributed by atoms with Gasteiger partial charge >= 0.3 is 0 Å². The Morgan fingerprint density at radius 1 is 0.769 bits per heavy atom. The lowest BCUT2D eigenvalue weighted by Gasteiger charge is -2.54. The quantitative estimate of drug-likeness (QED) is 0.523. The summed E-state index contributed by atoms with van der Waals surface area (Å²) < 4.78 is 0. The summed E-state index contributed by atoms with van der Waals surface area (Å²) in [6.07, 6.45) is 15.7. The summed E-state index contributed by atoms with van der Waals surface area (Å²) >= 11 is 0. The summed E-state index contributed by atoms with van der Waals surface area (Å²) in [5.74, 6) is 2.29. The van der Waals surface area contributed by atoms with Crippen molar-refractivity contribution < 1.29 is 0 Å². The minimum atomic E-state index is 0.874. The zero-order chi connectivity index (χ0) is 8.73. The molecule has 4 rings (SSSR count). The molecule has 0 aromatic heterocycles. The lowest BCUT2D eigenvalue weighted by Crippen LogP contribution is -2.42. The Kier molecular flexibility index (Phi) is 1.92. The van der Waals surface area contributed by atoms with E-state index < -0.39 is 0 Å². The average molecular weight is 178 g/mol. The van der Waals surface area contributed by atoms with Gasteiger partial charge in [0.05, 0.1) is 0 Å². The van der Waals surface area contributed by atoms with Crippen molar-refractivity contribution >= 4 is 0 Å². The Bertz CT molecular complexity index is 180. The van der Waals surface area contributed by atoms with Gasteiger partial charge in [0.2, 0.25) is 0 Å². The van der Waals surface area contributed by atoms with Crippen LogP contribution in [0.25, 0.3) is 0 Å². The smallest absolute Gasteiger partial charge is 0.0267 e. The minimum Gasteiger partial charge on any atom is -0.0533 e. The molecule has 0 radical (unpaired) electrons. The van der Waals surface area contributed by atoms with E-state index in [0.29, 0.717) is 0 Å². The van der Waals surface area contributed by atoms with Crippen molar-refractivity contribution in [2.24, 2.45) is 17.3 Å². The van der Waals surface area contributed by atoms with Crippen LogP contribution in [0.4, 0.5) is 0 Å². The third-order valence-corrected chi connectivity index (χ3v) is 5.26. The molecule has 0 N–H and O–H groups in total. The Morgan fingerprint density at radius 2 is 1.46 bits per heavy atom. The van der Waals surface area contributed by atoms with E-state index in [2.05, 4.69) is 0 Å². The van der Waals surface area contributed by atoms with Gasteiger partial charge in [-0.05, 0) is 49.4 Å². The first-order chi connectivity index (χ1) is 6.39. The van der Waals surface area contributed by atoms with E-state index in [-0.39, 0.29) is 0 Å². The van der Waals surface area contributed by atoms with E-state index in [9.17, 15) is 0 Å². The molecule has 0 atom stereocenters. The lowest BCUT2D eigenvalue weighted by atomic mass is 9.52. The van der Waals surface area contributed by atoms with Crippen LogP contribution in [-0.2, 0) is 0 Å². The van der Waals surface area contributed by atoms with Crippen LogP contribution in [0.15, 0.2) is 0 Å². The van der Waals surface area contributed by atoms with Gasteiger partial charge in [0.25, 0.3) is 0 Å². The standard InChI is InChI=1S/C13H22/c1-2-8-13(9-3-1)10-11-4-6-12(13)7-5-11/h11-12H,1-10H2. The second-order valence-corrected chi connectivity index (χ2v) is 5.84. The van der Waals surface area contributed by atoms with Gasteiger partial charge in [-0.15, -0.1) is 0 Å². The molecular formula is C13H22. The molecule has 74 valence electrons.